The Labute approximate surface area is 105 Å². The van der Waals surface area contributed by atoms with Crippen LogP contribution in [0.4, 0.5) is 5.69 Å². The number of hydrogen-bond donors (Lipinski definition) is 3. The van der Waals surface area contributed by atoms with Crippen LogP contribution in [-0.2, 0) is 4.79 Å². The van der Waals surface area contributed by atoms with Crippen molar-refractivity contribution in [2.24, 2.45) is 5.92 Å². The third-order valence-electron chi connectivity index (χ3n) is 3.22. The van der Waals surface area contributed by atoms with Gasteiger partial charge in [0, 0.05) is 12.1 Å². The van der Waals surface area contributed by atoms with Gasteiger partial charge in [0.1, 0.15) is 5.82 Å². The average Bonchev–Trinajstić information content (AvgIpc) is 2.63. The summed E-state index contributed by atoms with van der Waals surface area (Å²) in [5.41, 5.74) is 2.70. The molecule has 3 N–H and O–H groups in total. The van der Waals surface area contributed by atoms with Gasteiger partial charge in [-0.2, -0.15) is 0 Å². The van der Waals surface area contributed by atoms with Crippen LogP contribution in [-0.4, -0.2) is 29.0 Å². The topological polar surface area (TPSA) is 69.8 Å². The van der Waals surface area contributed by atoms with Crippen LogP contribution < -0.4 is 10.6 Å². The van der Waals surface area contributed by atoms with E-state index in [1.165, 1.54) is 0 Å². The molecular formula is C13H16N4O. The maximum atomic E-state index is 11.8. The van der Waals surface area contributed by atoms with Gasteiger partial charge < -0.3 is 15.6 Å². The molecule has 1 amide bonds. The van der Waals surface area contributed by atoms with Crippen molar-refractivity contribution in [1.29, 1.82) is 0 Å². The molecule has 1 aromatic carbocycles. The number of fused-ring (bicyclic) bond motifs is 1. The van der Waals surface area contributed by atoms with Gasteiger partial charge in [-0.1, -0.05) is 0 Å². The molecule has 3 rings (SSSR count). The van der Waals surface area contributed by atoms with E-state index in [-0.39, 0.29) is 5.91 Å². The molecule has 1 saturated heterocycles. The number of imidazole rings is 1. The van der Waals surface area contributed by atoms with E-state index in [2.05, 4.69) is 20.6 Å². The fraction of sp³-hybridized carbons (Fsp3) is 0.385. The van der Waals surface area contributed by atoms with Gasteiger partial charge in [0.15, 0.2) is 0 Å². The Hall–Kier alpha value is -1.88. The molecule has 1 aromatic heterocycles. The van der Waals surface area contributed by atoms with Crippen LogP contribution in [0.25, 0.3) is 11.0 Å². The van der Waals surface area contributed by atoms with Gasteiger partial charge in [-0.3, -0.25) is 4.79 Å². The van der Waals surface area contributed by atoms with Crippen molar-refractivity contribution in [2.45, 2.75) is 13.3 Å². The number of benzene rings is 1. The summed E-state index contributed by atoms with van der Waals surface area (Å²) in [5, 5.41) is 6.09. The minimum atomic E-state index is 0.0806. The van der Waals surface area contributed by atoms with Gasteiger partial charge in [-0.15, -0.1) is 0 Å². The molecule has 0 saturated carbocycles. The van der Waals surface area contributed by atoms with Gasteiger partial charge in [0.05, 0.1) is 11.0 Å². The SMILES string of the molecule is Cc1nc2ccc(NC(=O)CC3CNC3)cc2[nH]1. The zero-order valence-corrected chi connectivity index (χ0v) is 10.3. The van der Waals surface area contributed by atoms with E-state index in [0.717, 1.165) is 35.6 Å². The lowest BCUT2D eigenvalue weighted by molar-refractivity contribution is -0.117. The summed E-state index contributed by atoms with van der Waals surface area (Å²) in [6, 6.07) is 5.73. The monoisotopic (exact) mass is 244 g/mol. The first-order valence-corrected chi connectivity index (χ1v) is 6.17. The molecule has 2 heterocycles. The lowest BCUT2D eigenvalue weighted by Crippen LogP contribution is -2.43. The lowest BCUT2D eigenvalue weighted by atomic mass is 9.99. The van der Waals surface area contributed by atoms with Gasteiger partial charge >= 0.3 is 0 Å². The van der Waals surface area contributed by atoms with E-state index in [9.17, 15) is 4.79 Å². The van der Waals surface area contributed by atoms with E-state index in [0.29, 0.717) is 12.3 Å². The summed E-state index contributed by atoms with van der Waals surface area (Å²) in [5.74, 6) is 1.45. The Kier molecular flexibility index (Phi) is 2.76. The fourth-order valence-electron chi connectivity index (χ4n) is 2.18. The van der Waals surface area contributed by atoms with Crippen molar-refractivity contribution >= 4 is 22.6 Å². The van der Waals surface area contributed by atoms with Crippen molar-refractivity contribution < 1.29 is 4.79 Å². The average molecular weight is 244 g/mol. The molecule has 0 atom stereocenters. The summed E-state index contributed by atoms with van der Waals surface area (Å²) in [4.78, 5) is 19.3. The van der Waals surface area contributed by atoms with E-state index < -0.39 is 0 Å². The Morgan fingerprint density at radius 1 is 1.50 bits per heavy atom. The molecule has 2 aromatic rings. The highest BCUT2D eigenvalue weighted by Gasteiger charge is 2.20. The smallest absolute Gasteiger partial charge is 0.224 e. The van der Waals surface area contributed by atoms with Crippen LogP contribution in [0, 0.1) is 12.8 Å². The second-order valence-corrected chi connectivity index (χ2v) is 4.83. The third kappa shape index (κ3) is 2.22. The maximum Gasteiger partial charge on any atom is 0.224 e. The summed E-state index contributed by atoms with van der Waals surface area (Å²) in [6.45, 7) is 3.82. The molecule has 0 bridgehead atoms. The lowest BCUT2D eigenvalue weighted by Gasteiger charge is -2.26. The van der Waals surface area contributed by atoms with Crippen LogP contribution in [0.15, 0.2) is 18.2 Å². The number of carbonyl (C=O) groups is 1. The Bertz CT molecular complexity index is 586. The highest BCUT2D eigenvalue weighted by Crippen LogP contribution is 2.18. The molecule has 94 valence electrons. The predicted octanol–water partition coefficient (Wildman–Crippen LogP) is 1.42. The summed E-state index contributed by atoms with van der Waals surface area (Å²) >= 11 is 0. The number of rotatable bonds is 3. The molecule has 0 radical (unpaired) electrons. The first-order chi connectivity index (χ1) is 8.70. The molecule has 1 fully saturated rings. The quantitative estimate of drug-likeness (QED) is 0.764. The number of nitrogens with zero attached hydrogens (tertiary/aromatic N) is 1. The summed E-state index contributed by atoms with van der Waals surface area (Å²) in [6.07, 6.45) is 0.590. The van der Waals surface area contributed by atoms with E-state index in [4.69, 9.17) is 0 Å². The number of anilines is 1. The highest BCUT2D eigenvalue weighted by atomic mass is 16.1. The van der Waals surface area contributed by atoms with Crippen molar-refractivity contribution in [1.82, 2.24) is 15.3 Å². The van der Waals surface area contributed by atoms with Crippen LogP contribution in [0.2, 0.25) is 0 Å². The number of aryl methyl sites for hydroxylation is 1. The zero-order chi connectivity index (χ0) is 12.5. The van der Waals surface area contributed by atoms with Gasteiger partial charge in [0.25, 0.3) is 0 Å². The van der Waals surface area contributed by atoms with Crippen molar-refractivity contribution in [3.63, 3.8) is 0 Å². The van der Waals surface area contributed by atoms with Crippen molar-refractivity contribution in [2.75, 3.05) is 18.4 Å². The second-order valence-electron chi connectivity index (χ2n) is 4.83. The minimum Gasteiger partial charge on any atom is -0.342 e. The summed E-state index contributed by atoms with van der Waals surface area (Å²) in [7, 11) is 0. The minimum absolute atomic E-state index is 0.0806. The van der Waals surface area contributed by atoms with E-state index >= 15 is 0 Å². The molecule has 5 nitrogen and oxygen atoms in total. The molecule has 0 unspecified atom stereocenters. The number of amides is 1. The van der Waals surface area contributed by atoms with Crippen LogP contribution in [0.3, 0.4) is 0 Å². The van der Waals surface area contributed by atoms with Crippen LogP contribution in [0.1, 0.15) is 12.2 Å². The number of H-pyrrole nitrogens is 1. The zero-order valence-electron chi connectivity index (χ0n) is 10.3. The Morgan fingerprint density at radius 3 is 3.06 bits per heavy atom. The third-order valence-corrected chi connectivity index (χ3v) is 3.22. The molecule has 1 aliphatic heterocycles. The van der Waals surface area contributed by atoms with E-state index in [1.807, 2.05) is 25.1 Å². The van der Waals surface area contributed by atoms with Gasteiger partial charge in [-0.25, -0.2) is 4.98 Å². The first kappa shape index (κ1) is 11.2. The number of aromatic nitrogens is 2. The van der Waals surface area contributed by atoms with Crippen LogP contribution >= 0.6 is 0 Å². The Balaban J connectivity index is 1.71. The molecule has 5 heteroatoms. The predicted molar refractivity (Wildman–Crippen MR) is 70.4 cm³/mol. The van der Waals surface area contributed by atoms with Crippen molar-refractivity contribution in [3.8, 4) is 0 Å². The molecule has 0 spiro atoms. The molecule has 18 heavy (non-hydrogen) atoms. The highest BCUT2D eigenvalue weighted by molar-refractivity contribution is 5.93. The molecular weight excluding hydrogens is 228 g/mol. The second kappa shape index (κ2) is 4.42. The van der Waals surface area contributed by atoms with Gasteiger partial charge in [0.2, 0.25) is 5.91 Å². The maximum absolute atomic E-state index is 11.8. The Morgan fingerprint density at radius 2 is 2.33 bits per heavy atom. The summed E-state index contributed by atoms with van der Waals surface area (Å²) < 4.78 is 0. The van der Waals surface area contributed by atoms with Crippen molar-refractivity contribution in [3.05, 3.63) is 24.0 Å². The largest absolute Gasteiger partial charge is 0.342 e. The number of aromatic amines is 1. The first-order valence-electron chi connectivity index (χ1n) is 6.17. The molecule has 1 aliphatic rings. The fourth-order valence-corrected chi connectivity index (χ4v) is 2.18. The molecule has 0 aliphatic carbocycles. The van der Waals surface area contributed by atoms with E-state index in [1.54, 1.807) is 0 Å². The van der Waals surface area contributed by atoms with Crippen LogP contribution in [0.5, 0.6) is 0 Å². The normalized spacial score (nSPS) is 15.6. The number of nitrogens with one attached hydrogen (secondary N) is 3. The van der Waals surface area contributed by atoms with Gasteiger partial charge in [-0.05, 0) is 44.1 Å². The number of carbonyl (C=O) groups excluding carboxylic acids is 1. The standard InChI is InChI=1S/C13H16N4O/c1-8-15-11-3-2-10(5-12(11)16-8)17-13(18)4-9-6-14-7-9/h2-3,5,9,14H,4,6-7H2,1H3,(H,15,16)(H,17,18). The number of hydrogen-bond acceptors (Lipinski definition) is 3.